The van der Waals surface area contributed by atoms with Crippen molar-refractivity contribution in [2.75, 3.05) is 19.0 Å². The fraction of sp³-hybridized carbons (Fsp3) is 0.714. The number of rotatable bonds is 2. The minimum atomic E-state index is -0.337. The molecule has 1 atom stereocenters. The smallest absolute Gasteiger partial charge is 0.162 e. The molecule has 5 heteroatoms. The molecule has 106 valence electrons. The number of ether oxygens (including phenoxy) is 1. The van der Waals surface area contributed by atoms with Crippen LogP contribution in [-0.4, -0.2) is 23.6 Å². The molecule has 2 rings (SSSR count). The van der Waals surface area contributed by atoms with Crippen LogP contribution < -0.4 is 5.32 Å². The van der Waals surface area contributed by atoms with Gasteiger partial charge in [-0.05, 0) is 42.4 Å². The molecular weight excluding hydrogens is 353 g/mol. The van der Waals surface area contributed by atoms with Gasteiger partial charge in [0, 0.05) is 19.1 Å². The number of hydrogen-bond donors (Lipinski definition) is 1. The van der Waals surface area contributed by atoms with E-state index >= 15 is 0 Å². The number of hydrogen-bond acceptors (Lipinski definition) is 4. The van der Waals surface area contributed by atoms with Crippen LogP contribution in [-0.2, 0) is 15.8 Å². The molecule has 0 amide bonds. The van der Waals surface area contributed by atoms with Gasteiger partial charge in [-0.3, -0.25) is 0 Å². The average molecular weight is 375 g/mol. The quantitative estimate of drug-likeness (QED) is 0.805. The third kappa shape index (κ3) is 2.86. The maximum Gasteiger partial charge on any atom is 0.162 e. The van der Waals surface area contributed by atoms with Gasteiger partial charge in [0.25, 0.3) is 0 Å². The van der Waals surface area contributed by atoms with Crippen molar-refractivity contribution in [3.63, 3.8) is 0 Å². The Hall–Kier alpha value is -0.430. The van der Waals surface area contributed by atoms with E-state index in [1.807, 2.05) is 7.05 Å². The first-order chi connectivity index (χ1) is 8.78. The predicted molar refractivity (Wildman–Crippen MR) is 85.5 cm³/mol. The van der Waals surface area contributed by atoms with Crippen LogP contribution in [0.25, 0.3) is 0 Å². The maximum atomic E-state index is 5.88. The Bertz CT molecular complexity index is 476. The third-order valence-corrected chi connectivity index (χ3v) is 4.51. The van der Waals surface area contributed by atoms with Crippen molar-refractivity contribution in [2.45, 2.75) is 51.6 Å². The minimum absolute atomic E-state index is 0.00518. The van der Waals surface area contributed by atoms with Gasteiger partial charge in [-0.15, -0.1) is 0 Å². The molecule has 0 aliphatic carbocycles. The van der Waals surface area contributed by atoms with Gasteiger partial charge >= 0.3 is 0 Å². The summed E-state index contributed by atoms with van der Waals surface area (Å²) < 4.78 is 6.97. The molecule has 1 unspecified atom stereocenters. The summed E-state index contributed by atoms with van der Waals surface area (Å²) in [6.07, 6.45) is 2.06. The van der Waals surface area contributed by atoms with Gasteiger partial charge in [-0.2, -0.15) is 0 Å². The third-order valence-electron chi connectivity index (χ3n) is 3.49. The summed E-state index contributed by atoms with van der Waals surface area (Å²) in [5.74, 6) is 1.70. The fourth-order valence-corrected chi connectivity index (χ4v) is 3.62. The Balaban J connectivity index is 2.57. The van der Waals surface area contributed by atoms with E-state index in [-0.39, 0.29) is 11.0 Å². The summed E-state index contributed by atoms with van der Waals surface area (Å²) in [7, 11) is 1.90. The van der Waals surface area contributed by atoms with Crippen molar-refractivity contribution in [1.82, 2.24) is 9.97 Å². The zero-order chi connectivity index (χ0) is 14.3. The highest BCUT2D eigenvalue weighted by Gasteiger charge is 2.36. The van der Waals surface area contributed by atoms with Gasteiger partial charge in [0.2, 0.25) is 0 Å². The lowest BCUT2D eigenvalue weighted by Gasteiger charge is -2.27. The van der Waals surface area contributed by atoms with Crippen LogP contribution in [0.15, 0.2) is 0 Å². The second-order valence-electron chi connectivity index (χ2n) is 6.24. The minimum Gasteiger partial charge on any atom is -0.372 e. The van der Waals surface area contributed by atoms with Crippen LogP contribution in [0.2, 0.25) is 0 Å². The van der Waals surface area contributed by atoms with Gasteiger partial charge in [0.1, 0.15) is 11.4 Å². The molecule has 4 nitrogen and oxygen atoms in total. The first-order valence-corrected chi connectivity index (χ1v) is 7.76. The number of nitrogens with one attached hydrogen (secondary N) is 1. The molecule has 1 fully saturated rings. The molecule has 0 bridgehead atoms. The Morgan fingerprint density at radius 3 is 2.47 bits per heavy atom. The molecule has 1 aromatic rings. The van der Waals surface area contributed by atoms with Gasteiger partial charge in [-0.1, -0.05) is 20.8 Å². The van der Waals surface area contributed by atoms with Crippen LogP contribution in [0.5, 0.6) is 0 Å². The van der Waals surface area contributed by atoms with Crippen molar-refractivity contribution in [2.24, 2.45) is 0 Å². The van der Waals surface area contributed by atoms with E-state index in [4.69, 9.17) is 9.72 Å². The summed E-state index contributed by atoms with van der Waals surface area (Å²) in [6.45, 7) is 9.43. The summed E-state index contributed by atoms with van der Waals surface area (Å²) in [6, 6.07) is 0. The van der Waals surface area contributed by atoms with Crippen molar-refractivity contribution in [3.8, 4) is 0 Å². The second kappa shape index (κ2) is 5.16. The Morgan fingerprint density at radius 2 is 2.00 bits per heavy atom. The monoisotopic (exact) mass is 375 g/mol. The lowest BCUT2D eigenvalue weighted by Crippen LogP contribution is -2.28. The fourth-order valence-electron chi connectivity index (χ4n) is 2.30. The van der Waals surface area contributed by atoms with Crippen LogP contribution in [0.4, 0.5) is 5.82 Å². The average Bonchev–Trinajstić information content (AvgIpc) is 2.76. The topological polar surface area (TPSA) is 47.0 Å². The number of halogens is 1. The summed E-state index contributed by atoms with van der Waals surface area (Å²) in [4.78, 5) is 9.49. The highest BCUT2D eigenvalue weighted by Crippen LogP contribution is 2.37. The zero-order valence-electron chi connectivity index (χ0n) is 12.3. The SMILES string of the molecule is CNc1nc(C2(C)CCCO2)nc(C(C)(C)C)c1I. The van der Waals surface area contributed by atoms with Gasteiger partial charge in [0.05, 0.1) is 9.26 Å². The van der Waals surface area contributed by atoms with E-state index in [0.29, 0.717) is 0 Å². The first-order valence-electron chi connectivity index (χ1n) is 6.68. The van der Waals surface area contributed by atoms with Crippen LogP contribution >= 0.6 is 22.6 Å². The Labute approximate surface area is 128 Å². The van der Waals surface area contributed by atoms with E-state index in [1.165, 1.54) is 0 Å². The number of anilines is 1. The molecule has 0 aromatic carbocycles. The number of aromatic nitrogens is 2. The molecule has 1 aliphatic heterocycles. The summed E-state index contributed by atoms with van der Waals surface area (Å²) in [5.41, 5.74) is 0.740. The van der Waals surface area contributed by atoms with E-state index in [9.17, 15) is 0 Å². The van der Waals surface area contributed by atoms with Crippen LogP contribution in [0, 0.1) is 3.57 Å². The molecule has 1 aliphatic rings. The standard InChI is InChI=1S/C14H22IN3O/c1-13(2,3)10-9(15)11(16-5)18-12(17-10)14(4)7-6-8-19-14/h6-8H2,1-5H3,(H,16,17,18). The molecular formula is C14H22IN3O. The highest BCUT2D eigenvalue weighted by atomic mass is 127. The van der Waals surface area contributed by atoms with Crippen molar-refractivity contribution in [1.29, 1.82) is 0 Å². The molecule has 1 saturated heterocycles. The van der Waals surface area contributed by atoms with Crippen molar-refractivity contribution in [3.05, 3.63) is 15.1 Å². The maximum absolute atomic E-state index is 5.88. The van der Waals surface area contributed by atoms with Gasteiger partial charge in [0.15, 0.2) is 5.82 Å². The van der Waals surface area contributed by atoms with Crippen molar-refractivity contribution >= 4 is 28.4 Å². The normalized spacial score (nSPS) is 23.7. The molecule has 2 heterocycles. The van der Waals surface area contributed by atoms with Crippen molar-refractivity contribution < 1.29 is 4.74 Å². The van der Waals surface area contributed by atoms with E-state index < -0.39 is 0 Å². The molecule has 0 saturated carbocycles. The number of nitrogens with zero attached hydrogens (tertiary/aromatic N) is 2. The first kappa shape index (κ1) is 15.0. The molecule has 0 radical (unpaired) electrons. The second-order valence-corrected chi connectivity index (χ2v) is 7.32. The Kier molecular flexibility index (Phi) is 4.07. The largest absolute Gasteiger partial charge is 0.372 e. The summed E-state index contributed by atoms with van der Waals surface area (Å²) in [5, 5.41) is 3.17. The molecule has 19 heavy (non-hydrogen) atoms. The molecule has 1 aromatic heterocycles. The summed E-state index contributed by atoms with van der Waals surface area (Å²) >= 11 is 2.32. The highest BCUT2D eigenvalue weighted by molar-refractivity contribution is 14.1. The molecule has 0 spiro atoms. The Morgan fingerprint density at radius 1 is 1.32 bits per heavy atom. The van der Waals surface area contributed by atoms with Crippen LogP contribution in [0.3, 0.4) is 0 Å². The lowest BCUT2D eigenvalue weighted by atomic mass is 9.91. The lowest BCUT2D eigenvalue weighted by molar-refractivity contribution is 0.00910. The van der Waals surface area contributed by atoms with Crippen LogP contribution in [0.1, 0.15) is 52.1 Å². The van der Waals surface area contributed by atoms with Gasteiger partial charge < -0.3 is 10.1 Å². The van der Waals surface area contributed by atoms with E-state index in [1.54, 1.807) is 0 Å². The van der Waals surface area contributed by atoms with Gasteiger partial charge in [-0.25, -0.2) is 9.97 Å². The molecule has 1 N–H and O–H groups in total. The predicted octanol–water partition coefficient (Wildman–Crippen LogP) is 3.45. The van der Waals surface area contributed by atoms with E-state index in [0.717, 1.165) is 40.4 Å². The van der Waals surface area contributed by atoms with E-state index in [2.05, 4.69) is 60.6 Å². The zero-order valence-corrected chi connectivity index (χ0v) is 14.5.